The van der Waals surface area contributed by atoms with Crippen LogP contribution in [0.2, 0.25) is 0 Å². The summed E-state index contributed by atoms with van der Waals surface area (Å²) in [6.07, 6.45) is 0.961. The number of para-hydroxylation sites is 1. The van der Waals surface area contributed by atoms with Crippen molar-refractivity contribution in [3.63, 3.8) is 0 Å². The highest BCUT2D eigenvalue weighted by Crippen LogP contribution is 2.25. The van der Waals surface area contributed by atoms with E-state index in [4.69, 9.17) is 9.47 Å². The van der Waals surface area contributed by atoms with Crippen molar-refractivity contribution in [2.75, 3.05) is 12.4 Å². The van der Waals surface area contributed by atoms with Crippen LogP contribution < -0.4 is 9.47 Å². The van der Waals surface area contributed by atoms with E-state index >= 15 is 0 Å². The van der Waals surface area contributed by atoms with Gasteiger partial charge in [-0.1, -0.05) is 19.1 Å². The summed E-state index contributed by atoms with van der Waals surface area (Å²) in [5.74, 6) is 2.07. The van der Waals surface area contributed by atoms with E-state index in [-0.39, 0.29) is 5.97 Å². The van der Waals surface area contributed by atoms with Crippen LogP contribution in [0.15, 0.2) is 48.5 Å². The Morgan fingerprint density at radius 3 is 2.64 bits per heavy atom. The average molecular weight is 373 g/mol. The molecule has 0 spiro atoms. The number of aromatic nitrogens is 1. The van der Waals surface area contributed by atoms with Crippen LogP contribution in [0, 0.1) is 0 Å². The molecule has 1 heterocycles. The summed E-state index contributed by atoms with van der Waals surface area (Å²) in [7, 11) is 0. The first-order valence-corrected chi connectivity index (χ1v) is 10.1. The SMILES string of the molecule is CCCOc1ccc(OC(=O)CSCc2nc3ccccc3s2)cc1. The van der Waals surface area contributed by atoms with Gasteiger partial charge in [-0.15, -0.1) is 23.1 Å². The van der Waals surface area contributed by atoms with Gasteiger partial charge in [0.15, 0.2) is 0 Å². The van der Waals surface area contributed by atoms with Gasteiger partial charge in [-0.25, -0.2) is 4.98 Å². The predicted octanol–water partition coefficient (Wildman–Crippen LogP) is 4.92. The van der Waals surface area contributed by atoms with E-state index in [2.05, 4.69) is 18.0 Å². The molecule has 0 unspecified atom stereocenters. The van der Waals surface area contributed by atoms with Crippen molar-refractivity contribution in [2.24, 2.45) is 0 Å². The Kier molecular flexibility index (Phi) is 6.30. The smallest absolute Gasteiger partial charge is 0.321 e. The molecule has 0 aliphatic heterocycles. The average Bonchev–Trinajstić information content (AvgIpc) is 3.04. The fourth-order valence-corrected chi connectivity index (χ4v) is 4.00. The van der Waals surface area contributed by atoms with Gasteiger partial charge in [0, 0.05) is 5.75 Å². The third-order valence-corrected chi connectivity index (χ3v) is 5.45. The molecule has 6 heteroatoms. The maximum absolute atomic E-state index is 11.9. The molecule has 0 radical (unpaired) electrons. The van der Waals surface area contributed by atoms with Gasteiger partial charge in [0.25, 0.3) is 0 Å². The number of hydrogen-bond donors (Lipinski definition) is 0. The standard InChI is InChI=1S/C19H19NO3S2/c1-2-11-22-14-7-9-15(10-8-14)23-19(21)13-24-12-18-20-16-5-3-4-6-17(16)25-18/h3-10H,2,11-13H2,1H3. The van der Waals surface area contributed by atoms with Crippen molar-refractivity contribution in [3.8, 4) is 11.5 Å². The highest BCUT2D eigenvalue weighted by Gasteiger charge is 2.08. The molecule has 3 aromatic rings. The van der Waals surface area contributed by atoms with Crippen LogP contribution in [0.25, 0.3) is 10.2 Å². The molecule has 0 atom stereocenters. The lowest BCUT2D eigenvalue weighted by Gasteiger charge is -2.06. The van der Waals surface area contributed by atoms with E-state index in [1.165, 1.54) is 16.5 Å². The van der Waals surface area contributed by atoms with Crippen LogP contribution in [0.1, 0.15) is 18.4 Å². The van der Waals surface area contributed by atoms with Crippen LogP contribution in [0.4, 0.5) is 0 Å². The normalized spacial score (nSPS) is 10.8. The molecule has 0 amide bonds. The Labute approximate surface area is 155 Å². The summed E-state index contributed by atoms with van der Waals surface area (Å²) in [6, 6.07) is 15.2. The van der Waals surface area contributed by atoms with Gasteiger partial charge in [-0.3, -0.25) is 4.79 Å². The van der Waals surface area contributed by atoms with E-state index in [0.717, 1.165) is 22.7 Å². The molecule has 0 saturated heterocycles. The Bertz CT molecular complexity index is 797. The number of fused-ring (bicyclic) bond motifs is 1. The fourth-order valence-electron chi connectivity index (χ4n) is 2.19. The van der Waals surface area contributed by atoms with Gasteiger partial charge in [-0.2, -0.15) is 0 Å². The first-order chi connectivity index (χ1) is 12.2. The highest BCUT2D eigenvalue weighted by molar-refractivity contribution is 7.99. The number of ether oxygens (including phenoxy) is 2. The van der Waals surface area contributed by atoms with Crippen LogP contribution in [0.5, 0.6) is 11.5 Å². The number of carbonyl (C=O) groups excluding carboxylic acids is 1. The predicted molar refractivity (Wildman–Crippen MR) is 104 cm³/mol. The van der Waals surface area contributed by atoms with Crippen molar-refractivity contribution >= 4 is 39.3 Å². The molecule has 0 saturated carbocycles. The molecule has 25 heavy (non-hydrogen) atoms. The zero-order valence-electron chi connectivity index (χ0n) is 13.9. The number of rotatable bonds is 8. The molecule has 0 fully saturated rings. The number of thioether (sulfide) groups is 1. The lowest BCUT2D eigenvalue weighted by molar-refractivity contribution is -0.131. The quantitative estimate of drug-likeness (QED) is 0.414. The van der Waals surface area contributed by atoms with Crippen LogP contribution in [-0.4, -0.2) is 23.3 Å². The lowest BCUT2D eigenvalue weighted by atomic mass is 10.3. The van der Waals surface area contributed by atoms with Gasteiger partial charge in [0.05, 0.1) is 22.6 Å². The lowest BCUT2D eigenvalue weighted by Crippen LogP contribution is -2.10. The maximum atomic E-state index is 11.9. The van der Waals surface area contributed by atoms with Gasteiger partial charge < -0.3 is 9.47 Å². The number of thiazole rings is 1. The molecule has 2 aromatic carbocycles. The molecular formula is C19H19NO3S2. The second kappa shape index (κ2) is 8.87. The molecule has 0 N–H and O–H groups in total. The summed E-state index contributed by atoms with van der Waals surface area (Å²) in [4.78, 5) is 16.5. The number of nitrogens with zero attached hydrogens (tertiary/aromatic N) is 1. The fraction of sp³-hybridized carbons (Fsp3) is 0.263. The molecular weight excluding hydrogens is 354 g/mol. The Hall–Kier alpha value is -2.05. The summed E-state index contributed by atoms with van der Waals surface area (Å²) < 4.78 is 12.0. The number of carbonyl (C=O) groups is 1. The van der Waals surface area contributed by atoms with Crippen molar-refractivity contribution in [1.29, 1.82) is 0 Å². The van der Waals surface area contributed by atoms with Gasteiger partial charge in [0.1, 0.15) is 16.5 Å². The molecule has 0 aliphatic rings. The van der Waals surface area contributed by atoms with Crippen LogP contribution in [0.3, 0.4) is 0 Å². The van der Waals surface area contributed by atoms with Crippen molar-refractivity contribution in [1.82, 2.24) is 4.98 Å². The van der Waals surface area contributed by atoms with E-state index in [1.54, 1.807) is 23.5 Å². The van der Waals surface area contributed by atoms with Crippen molar-refractivity contribution < 1.29 is 14.3 Å². The van der Waals surface area contributed by atoms with Gasteiger partial charge in [-0.05, 0) is 42.8 Å². The van der Waals surface area contributed by atoms with Crippen LogP contribution >= 0.6 is 23.1 Å². The minimum absolute atomic E-state index is 0.256. The second-order valence-corrected chi connectivity index (χ2v) is 7.46. The number of esters is 1. The van der Waals surface area contributed by atoms with Crippen molar-refractivity contribution in [2.45, 2.75) is 19.1 Å². The molecule has 130 valence electrons. The largest absolute Gasteiger partial charge is 0.494 e. The minimum atomic E-state index is -0.256. The third-order valence-electron chi connectivity index (χ3n) is 3.31. The van der Waals surface area contributed by atoms with E-state index in [0.29, 0.717) is 23.9 Å². The molecule has 1 aromatic heterocycles. The van der Waals surface area contributed by atoms with E-state index in [1.807, 2.05) is 30.3 Å². The Morgan fingerprint density at radius 1 is 1.12 bits per heavy atom. The topological polar surface area (TPSA) is 48.4 Å². The zero-order chi connectivity index (χ0) is 17.5. The molecule has 0 aliphatic carbocycles. The van der Waals surface area contributed by atoms with Gasteiger partial charge in [0.2, 0.25) is 0 Å². The molecule has 3 rings (SSSR count). The first-order valence-electron chi connectivity index (χ1n) is 8.10. The maximum Gasteiger partial charge on any atom is 0.321 e. The molecule has 0 bridgehead atoms. The Balaban J connectivity index is 1.44. The number of benzene rings is 2. The highest BCUT2D eigenvalue weighted by atomic mass is 32.2. The van der Waals surface area contributed by atoms with Crippen LogP contribution in [-0.2, 0) is 10.5 Å². The minimum Gasteiger partial charge on any atom is -0.494 e. The first kappa shape index (κ1) is 17.8. The van der Waals surface area contributed by atoms with E-state index in [9.17, 15) is 4.79 Å². The summed E-state index contributed by atoms with van der Waals surface area (Å²) in [5.41, 5.74) is 1.01. The zero-order valence-corrected chi connectivity index (χ0v) is 15.6. The van der Waals surface area contributed by atoms with E-state index < -0.39 is 0 Å². The second-order valence-electron chi connectivity index (χ2n) is 5.36. The Morgan fingerprint density at radius 2 is 1.88 bits per heavy atom. The monoisotopic (exact) mass is 373 g/mol. The van der Waals surface area contributed by atoms with Gasteiger partial charge >= 0.3 is 5.97 Å². The summed E-state index contributed by atoms with van der Waals surface area (Å²) >= 11 is 3.17. The van der Waals surface area contributed by atoms with Crippen molar-refractivity contribution in [3.05, 3.63) is 53.5 Å². The summed E-state index contributed by atoms with van der Waals surface area (Å²) in [5, 5.41) is 1.02. The third kappa shape index (κ3) is 5.21. The summed E-state index contributed by atoms with van der Waals surface area (Å²) in [6.45, 7) is 2.74. The molecule has 4 nitrogen and oxygen atoms in total. The number of hydrogen-bond acceptors (Lipinski definition) is 6.